The molecule has 0 heterocycles. The molecule has 0 bridgehead atoms. The van der Waals surface area contributed by atoms with E-state index in [4.69, 9.17) is 9.47 Å². The predicted molar refractivity (Wildman–Crippen MR) is 119 cm³/mol. The van der Waals surface area contributed by atoms with Crippen LogP contribution in [0.5, 0.6) is 0 Å². The molecule has 29 heavy (non-hydrogen) atoms. The fraction of sp³-hybridized carbons (Fsp3) is 0.720. The van der Waals surface area contributed by atoms with Gasteiger partial charge in [-0.3, -0.25) is 4.79 Å². The summed E-state index contributed by atoms with van der Waals surface area (Å²) in [5.74, 6) is -0.139. The van der Waals surface area contributed by atoms with Crippen LogP contribution in [-0.2, 0) is 20.9 Å². The number of aliphatic hydroxyl groups excluding tert-OH is 1. The zero-order chi connectivity index (χ0) is 21.4. The third-order valence-corrected chi connectivity index (χ3v) is 5.51. The van der Waals surface area contributed by atoms with Gasteiger partial charge in [-0.2, -0.15) is 0 Å². The van der Waals surface area contributed by atoms with E-state index in [1.807, 2.05) is 32.0 Å². The maximum Gasteiger partial charge on any atom is 0.311 e. The molecule has 0 saturated heterocycles. The lowest BCUT2D eigenvalue weighted by molar-refractivity contribution is -0.151. The van der Waals surface area contributed by atoms with Crippen molar-refractivity contribution in [1.82, 2.24) is 0 Å². The molecular formula is C25H42O4. The Morgan fingerprint density at radius 1 is 0.931 bits per heavy atom. The van der Waals surface area contributed by atoms with Crippen molar-refractivity contribution in [1.29, 1.82) is 0 Å². The van der Waals surface area contributed by atoms with Crippen LogP contribution in [0.15, 0.2) is 30.3 Å². The molecule has 4 nitrogen and oxygen atoms in total. The molecule has 0 aliphatic heterocycles. The van der Waals surface area contributed by atoms with Gasteiger partial charge in [0.25, 0.3) is 0 Å². The average Bonchev–Trinajstić information content (AvgIpc) is 2.72. The summed E-state index contributed by atoms with van der Waals surface area (Å²) in [6, 6.07) is 10.3. The van der Waals surface area contributed by atoms with Crippen molar-refractivity contribution in [3.8, 4) is 0 Å². The summed E-state index contributed by atoms with van der Waals surface area (Å²) in [6.45, 7) is 5.39. The number of unbranched alkanes of at least 4 members (excludes halogenated alkanes) is 6. The first-order valence-electron chi connectivity index (χ1n) is 11.3. The number of hydrogen-bond acceptors (Lipinski definition) is 4. The lowest BCUT2D eigenvalue weighted by Crippen LogP contribution is -2.25. The Bertz CT molecular complexity index is 527. The second kappa shape index (κ2) is 15.4. The van der Waals surface area contributed by atoms with Crippen LogP contribution in [-0.4, -0.2) is 30.9 Å². The number of rotatable bonds is 17. The van der Waals surface area contributed by atoms with E-state index < -0.39 is 5.41 Å². The van der Waals surface area contributed by atoms with E-state index in [2.05, 4.69) is 12.1 Å². The van der Waals surface area contributed by atoms with E-state index in [-0.39, 0.29) is 12.1 Å². The molecule has 0 aromatic heterocycles. The van der Waals surface area contributed by atoms with Crippen LogP contribution in [0.4, 0.5) is 0 Å². The van der Waals surface area contributed by atoms with Crippen molar-refractivity contribution < 1.29 is 19.4 Å². The normalized spacial score (nSPS) is 12.7. The molecule has 1 atom stereocenters. The monoisotopic (exact) mass is 406 g/mol. The average molecular weight is 407 g/mol. The number of carbonyl (C=O) groups is 1. The van der Waals surface area contributed by atoms with Gasteiger partial charge in [-0.1, -0.05) is 75.3 Å². The van der Waals surface area contributed by atoms with Crippen LogP contribution in [0.25, 0.3) is 0 Å². The smallest absolute Gasteiger partial charge is 0.311 e. The molecule has 4 heteroatoms. The predicted octanol–water partition coefficient (Wildman–Crippen LogP) is 6.05. The second-order valence-electron chi connectivity index (χ2n) is 8.72. The first-order chi connectivity index (χ1) is 14.0. The zero-order valence-electron chi connectivity index (χ0n) is 18.8. The van der Waals surface area contributed by atoms with Gasteiger partial charge >= 0.3 is 5.97 Å². The highest BCUT2D eigenvalue weighted by Crippen LogP contribution is 2.25. The van der Waals surface area contributed by atoms with E-state index >= 15 is 0 Å². The van der Waals surface area contributed by atoms with Gasteiger partial charge in [0.15, 0.2) is 0 Å². The molecule has 0 aliphatic rings. The number of aliphatic hydroxyl groups is 1. The van der Waals surface area contributed by atoms with Crippen LogP contribution in [0, 0.1) is 5.41 Å². The molecule has 0 spiro atoms. The van der Waals surface area contributed by atoms with Crippen molar-refractivity contribution >= 4 is 5.97 Å². The van der Waals surface area contributed by atoms with Crippen LogP contribution in [0.1, 0.15) is 90.0 Å². The molecule has 1 aromatic rings. The second-order valence-corrected chi connectivity index (χ2v) is 8.72. The summed E-state index contributed by atoms with van der Waals surface area (Å²) in [6.07, 6.45) is 11.3. The standard InChI is InChI=1S/C25H42O4/c1-25(2,24(27)28-3)19-13-8-12-18-23(26)17-11-5-4-6-14-20-29-21-22-15-9-7-10-16-22/h7,9-10,15-16,23,26H,4-6,8,11-14,17-21H2,1-3H3. The Hall–Kier alpha value is -1.39. The maximum atomic E-state index is 11.6. The fourth-order valence-corrected chi connectivity index (χ4v) is 3.53. The van der Waals surface area contributed by atoms with Crippen molar-refractivity contribution in [3.05, 3.63) is 35.9 Å². The minimum atomic E-state index is -0.403. The highest BCUT2D eigenvalue weighted by molar-refractivity contribution is 5.75. The van der Waals surface area contributed by atoms with Crippen molar-refractivity contribution in [2.75, 3.05) is 13.7 Å². The SMILES string of the molecule is COC(=O)C(C)(C)CCCCCC(O)CCCCCCCOCc1ccccc1. The van der Waals surface area contributed by atoms with Crippen LogP contribution < -0.4 is 0 Å². The van der Waals surface area contributed by atoms with Crippen molar-refractivity contribution in [2.24, 2.45) is 5.41 Å². The highest BCUT2D eigenvalue weighted by Gasteiger charge is 2.27. The first-order valence-corrected chi connectivity index (χ1v) is 11.3. The Kier molecular flexibility index (Phi) is 13.7. The zero-order valence-corrected chi connectivity index (χ0v) is 18.8. The minimum Gasteiger partial charge on any atom is -0.469 e. The van der Waals surface area contributed by atoms with E-state index in [9.17, 15) is 9.90 Å². The van der Waals surface area contributed by atoms with Gasteiger partial charge in [0.2, 0.25) is 0 Å². The van der Waals surface area contributed by atoms with Crippen LogP contribution in [0.3, 0.4) is 0 Å². The summed E-state index contributed by atoms with van der Waals surface area (Å²) >= 11 is 0. The Labute approximate surface area is 178 Å². The lowest BCUT2D eigenvalue weighted by Gasteiger charge is -2.21. The molecule has 1 rings (SSSR count). The van der Waals surface area contributed by atoms with Gasteiger partial charge in [-0.05, 0) is 45.1 Å². The van der Waals surface area contributed by atoms with E-state index in [1.165, 1.54) is 31.9 Å². The molecule has 1 N–H and O–H groups in total. The van der Waals surface area contributed by atoms with Crippen molar-refractivity contribution in [3.63, 3.8) is 0 Å². The lowest BCUT2D eigenvalue weighted by atomic mass is 9.87. The van der Waals surface area contributed by atoms with Gasteiger partial charge in [0.1, 0.15) is 0 Å². The Morgan fingerprint density at radius 3 is 2.17 bits per heavy atom. The molecule has 0 amide bonds. The molecule has 0 aliphatic carbocycles. The van der Waals surface area contributed by atoms with Crippen LogP contribution in [0.2, 0.25) is 0 Å². The highest BCUT2D eigenvalue weighted by atomic mass is 16.5. The Morgan fingerprint density at radius 2 is 1.52 bits per heavy atom. The van der Waals surface area contributed by atoms with Crippen LogP contribution >= 0.6 is 0 Å². The maximum absolute atomic E-state index is 11.6. The number of benzene rings is 1. The van der Waals surface area contributed by atoms with E-state index in [0.29, 0.717) is 6.61 Å². The summed E-state index contributed by atoms with van der Waals surface area (Å²) in [7, 11) is 1.44. The van der Waals surface area contributed by atoms with E-state index in [0.717, 1.165) is 58.0 Å². The minimum absolute atomic E-state index is 0.139. The van der Waals surface area contributed by atoms with Gasteiger partial charge in [-0.15, -0.1) is 0 Å². The summed E-state index contributed by atoms with van der Waals surface area (Å²) < 4.78 is 10.5. The summed E-state index contributed by atoms with van der Waals surface area (Å²) in [5, 5.41) is 10.1. The molecule has 0 fully saturated rings. The summed E-state index contributed by atoms with van der Waals surface area (Å²) in [5.41, 5.74) is 0.827. The summed E-state index contributed by atoms with van der Waals surface area (Å²) in [4.78, 5) is 11.6. The number of hydrogen-bond donors (Lipinski definition) is 1. The molecular weight excluding hydrogens is 364 g/mol. The Balaban J connectivity index is 1.88. The molecule has 1 aromatic carbocycles. The number of esters is 1. The molecule has 1 unspecified atom stereocenters. The van der Waals surface area contributed by atoms with Gasteiger partial charge in [0.05, 0.1) is 25.2 Å². The van der Waals surface area contributed by atoms with Gasteiger partial charge in [-0.25, -0.2) is 0 Å². The first kappa shape index (κ1) is 25.6. The number of methoxy groups -OCH3 is 1. The molecule has 166 valence electrons. The number of ether oxygens (including phenoxy) is 2. The molecule has 0 saturated carbocycles. The largest absolute Gasteiger partial charge is 0.469 e. The number of carbonyl (C=O) groups excluding carboxylic acids is 1. The van der Waals surface area contributed by atoms with Gasteiger partial charge in [0, 0.05) is 6.61 Å². The van der Waals surface area contributed by atoms with E-state index in [1.54, 1.807) is 0 Å². The molecule has 0 radical (unpaired) electrons. The third-order valence-electron chi connectivity index (χ3n) is 5.51. The third kappa shape index (κ3) is 12.7. The fourth-order valence-electron chi connectivity index (χ4n) is 3.53. The van der Waals surface area contributed by atoms with Gasteiger partial charge < -0.3 is 14.6 Å². The topological polar surface area (TPSA) is 55.8 Å². The van der Waals surface area contributed by atoms with Crippen molar-refractivity contribution in [2.45, 2.75) is 97.2 Å². The quantitative estimate of drug-likeness (QED) is 0.252.